The van der Waals surface area contributed by atoms with E-state index in [-0.39, 0.29) is 17.4 Å². The molecular weight excluding hydrogens is 369 g/mol. The number of nitro benzene ring substituents is 1. The number of thiazole rings is 1. The van der Waals surface area contributed by atoms with Gasteiger partial charge in [0.15, 0.2) is 0 Å². The zero-order valence-corrected chi connectivity index (χ0v) is 15.1. The van der Waals surface area contributed by atoms with E-state index in [9.17, 15) is 19.3 Å². The number of hydrogen-bond donors (Lipinski definition) is 0. The van der Waals surface area contributed by atoms with Crippen molar-refractivity contribution in [3.8, 4) is 0 Å². The summed E-state index contributed by atoms with van der Waals surface area (Å²) < 4.78 is 14.7. The second-order valence-corrected chi connectivity index (χ2v) is 7.60. The fraction of sp³-hybridized carbons (Fsp3) is 0.263. The van der Waals surface area contributed by atoms with E-state index in [0.29, 0.717) is 13.1 Å². The van der Waals surface area contributed by atoms with Crippen LogP contribution in [0.4, 0.5) is 10.1 Å². The molecule has 2 heterocycles. The molecule has 2 aromatic carbocycles. The molecule has 1 aromatic heterocycles. The fourth-order valence-corrected chi connectivity index (χ4v) is 4.49. The number of amides is 1. The van der Waals surface area contributed by atoms with Crippen molar-refractivity contribution in [3.63, 3.8) is 0 Å². The van der Waals surface area contributed by atoms with Crippen molar-refractivity contribution in [3.05, 3.63) is 69.0 Å². The van der Waals surface area contributed by atoms with Crippen molar-refractivity contribution in [2.45, 2.75) is 18.8 Å². The number of nitrogens with zero attached hydrogens (tertiary/aromatic N) is 3. The van der Waals surface area contributed by atoms with Crippen LogP contribution in [-0.2, 0) is 0 Å². The van der Waals surface area contributed by atoms with Gasteiger partial charge in [-0.05, 0) is 37.1 Å². The molecule has 1 fully saturated rings. The number of para-hydroxylation sites is 1. The molecule has 1 aliphatic rings. The molecule has 3 aromatic rings. The van der Waals surface area contributed by atoms with Crippen molar-refractivity contribution >= 4 is 33.1 Å². The van der Waals surface area contributed by atoms with E-state index >= 15 is 0 Å². The van der Waals surface area contributed by atoms with Crippen molar-refractivity contribution in [1.29, 1.82) is 0 Å². The van der Waals surface area contributed by atoms with E-state index in [1.165, 1.54) is 6.07 Å². The standard InChI is InChI=1S/C19H16FN3O3S/c20-14-8-7-12(10-16(14)23(25)26)19(24)22-9-3-4-13(11-22)18-21-15-5-1-2-6-17(15)27-18/h1-2,5-8,10,13H,3-4,9,11H2/t13-/m1/s1. The van der Waals surface area contributed by atoms with Crippen LogP contribution in [-0.4, -0.2) is 33.8 Å². The lowest BCUT2D eigenvalue weighted by molar-refractivity contribution is -0.387. The molecule has 8 heteroatoms. The van der Waals surface area contributed by atoms with Crippen LogP contribution in [0.2, 0.25) is 0 Å². The Morgan fingerprint density at radius 2 is 2.11 bits per heavy atom. The van der Waals surface area contributed by atoms with Crippen LogP contribution in [0.1, 0.15) is 34.1 Å². The van der Waals surface area contributed by atoms with Crippen LogP contribution in [0.5, 0.6) is 0 Å². The van der Waals surface area contributed by atoms with E-state index in [1.807, 2.05) is 24.3 Å². The summed E-state index contributed by atoms with van der Waals surface area (Å²) in [6.07, 6.45) is 1.77. The topological polar surface area (TPSA) is 76.3 Å². The first-order valence-corrected chi connectivity index (χ1v) is 9.43. The predicted molar refractivity (Wildman–Crippen MR) is 101 cm³/mol. The second-order valence-electron chi connectivity index (χ2n) is 6.53. The van der Waals surface area contributed by atoms with Gasteiger partial charge in [-0.2, -0.15) is 4.39 Å². The van der Waals surface area contributed by atoms with E-state index in [2.05, 4.69) is 0 Å². The van der Waals surface area contributed by atoms with E-state index < -0.39 is 16.4 Å². The first-order valence-electron chi connectivity index (χ1n) is 8.61. The molecule has 0 radical (unpaired) electrons. The van der Waals surface area contributed by atoms with Crippen molar-refractivity contribution in [1.82, 2.24) is 9.88 Å². The van der Waals surface area contributed by atoms with Gasteiger partial charge in [0.05, 0.1) is 20.1 Å². The Kier molecular flexibility index (Phi) is 4.57. The van der Waals surface area contributed by atoms with Gasteiger partial charge >= 0.3 is 5.69 Å². The predicted octanol–water partition coefficient (Wildman–Crippen LogP) is 4.36. The van der Waals surface area contributed by atoms with Crippen LogP contribution in [0, 0.1) is 15.9 Å². The number of nitro groups is 1. The highest BCUT2D eigenvalue weighted by molar-refractivity contribution is 7.18. The number of fused-ring (bicyclic) bond motifs is 1. The van der Waals surface area contributed by atoms with Gasteiger partial charge in [0.2, 0.25) is 5.82 Å². The molecular formula is C19H16FN3O3S. The first kappa shape index (κ1) is 17.5. The highest BCUT2D eigenvalue weighted by Gasteiger charge is 2.28. The zero-order valence-electron chi connectivity index (χ0n) is 14.3. The summed E-state index contributed by atoms with van der Waals surface area (Å²) in [4.78, 5) is 29.3. The molecule has 0 unspecified atom stereocenters. The smallest absolute Gasteiger partial charge is 0.305 e. The van der Waals surface area contributed by atoms with Gasteiger partial charge in [-0.3, -0.25) is 14.9 Å². The molecule has 1 aliphatic heterocycles. The zero-order chi connectivity index (χ0) is 19.0. The number of rotatable bonds is 3. The van der Waals surface area contributed by atoms with E-state index in [1.54, 1.807) is 16.2 Å². The maximum Gasteiger partial charge on any atom is 0.305 e. The van der Waals surface area contributed by atoms with Crippen LogP contribution in [0.3, 0.4) is 0 Å². The normalized spacial score (nSPS) is 17.2. The van der Waals surface area contributed by atoms with Crippen LogP contribution < -0.4 is 0 Å². The van der Waals surface area contributed by atoms with Crippen molar-refractivity contribution < 1.29 is 14.1 Å². The largest absolute Gasteiger partial charge is 0.338 e. The van der Waals surface area contributed by atoms with Crippen molar-refractivity contribution in [2.75, 3.05) is 13.1 Å². The quantitative estimate of drug-likeness (QED) is 0.496. The third kappa shape index (κ3) is 3.40. The summed E-state index contributed by atoms with van der Waals surface area (Å²) in [7, 11) is 0. The Morgan fingerprint density at radius 1 is 1.30 bits per heavy atom. The number of piperidine rings is 1. The number of benzene rings is 2. The molecule has 0 aliphatic carbocycles. The third-order valence-electron chi connectivity index (χ3n) is 4.76. The third-order valence-corrected chi connectivity index (χ3v) is 5.96. The molecule has 6 nitrogen and oxygen atoms in total. The lowest BCUT2D eigenvalue weighted by Crippen LogP contribution is -2.39. The average Bonchev–Trinajstić information content (AvgIpc) is 3.12. The summed E-state index contributed by atoms with van der Waals surface area (Å²) >= 11 is 1.63. The van der Waals surface area contributed by atoms with Crippen molar-refractivity contribution in [2.24, 2.45) is 0 Å². The number of likely N-dealkylation sites (tertiary alicyclic amines) is 1. The lowest BCUT2D eigenvalue weighted by Gasteiger charge is -2.31. The molecule has 27 heavy (non-hydrogen) atoms. The summed E-state index contributed by atoms with van der Waals surface area (Å²) in [5.74, 6) is -1.12. The van der Waals surface area contributed by atoms with E-state index in [4.69, 9.17) is 4.98 Å². The molecule has 0 spiro atoms. The molecule has 138 valence electrons. The molecule has 4 rings (SSSR count). The minimum atomic E-state index is -0.942. The fourth-order valence-electron chi connectivity index (χ4n) is 3.40. The number of hydrogen-bond acceptors (Lipinski definition) is 5. The maximum atomic E-state index is 13.5. The van der Waals surface area contributed by atoms with Crippen LogP contribution in [0.15, 0.2) is 42.5 Å². The molecule has 1 atom stereocenters. The Hall–Kier alpha value is -2.87. The Bertz CT molecular complexity index is 1000. The molecule has 0 saturated carbocycles. The average molecular weight is 385 g/mol. The first-order chi connectivity index (χ1) is 13.0. The second kappa shape index (κ2) is 7.03. The minimum absolute atomic E-state index is 0.132. The van der Waals surface area contributed by atoms with Gasteiger partial charge in [-0.25, -0.2) is 4.98 Å². The molecule has 1 saturated heterocycles. The monoisotopic (exact) mass is 385 g/mol. The Morgan fingerprint density at radius 3 is 2.89 bits per heavy atom. The van der Waals surface area contributed by atoms with E-state index in [0.717, 1.165) is 40.2 Å². The van der Waals surface area contributed by atoms with Gasteiger partial charge < -0.3 is 4.90 Å². The van der Waals surface area contributed by atoms with Gasteiger partial charge in [0.1, 0.15) is 0 Å². The van der Waals surface area contributed by atoms with Gasteiger partial charge in [0.25, 0.3) is 5.91 Å². The summed E-state index contributed by atoms with van der Waals surface area (Å²) in [6, 6.07) is 11.2. The number of halogens is 1. The van der Waals surface area contributed by atoms with Gasteiger partial charge in [0, 0.05) is 30.6 Å². The van der Waals surface area contributed by atoms with Gasteiger partial charge in [-0.15, -0.1) is 11.3 Å². The summed E-state index contributed by atoms with van der Waals surface area (Å²) in [6.45, 7) is 1.08. The van der Waals surface area contributed by atoms with Crippen LogP contribution in [0.25, 0.3) is 10.2 Å². The minimum Gasteiger partial charge on any atom is -0.338 e. The highest BCUT2D eigenvalue weighted by atomic mass is 32.1. The Balaban J connectivity index is 1.56. The highest BCUT2D eigenvalue weighted by Crippen LogP contribution is 2.33. The SMILES string of the molecule is O=C(c1ccc(F)c([N+](=O)[O-])c1)N1CCC[C@@H](c2nc3ccccc3s2)C1. The Labute approximate surface area is 158 Å². The van der Waals surface area contributed by atoms with Gasteiger partial charge in [-0.1, -0.05) is 12.1 Å². The summed E-state index contributed by atoms with van der Waals surface area (Å²) in [5.41, 5.74) is 0.406. The number of aromatic nitrogens is 1. The lowest BCUT2D eigenvalue weighted by atomic mass is 9.98. The van der Waals surface area contributed by atoms with Crippen LogP contribution >= 0.6 is 11.3 Å². The molecule has 0 N–H and O–H groups in total. The molecule has 1 amide bonds. The molecule has 0 bridgehead atoms. The number of carbonyl (C=O) groups excluding carboxylic acids is 1. The summed E-state index contributed by atoms with van der Waals surface area (Å²) in [5, 5.41) is 11.9. The maximum absolute atomic E-state index is 13.5. The number of carbonyl (C=O) groups is 1.